The number of imide groups is 1. The molecule has 3 unspecified atom stereocenters. The highest BCUT2D eigenvalue weighted by atomic mass is 32.2. The van der Waals surface area contributed by atoms with Crippen molar-refractivity contribution in [3.05, 3.63) is 98.9 Å². The average Bonchev–Trinajstić information content (AvgIpc) is 3.67. The Balaban J connectivity index is 1.35. The summed E-state index contributed by atoms with van der Waals surface area (Å²) in [6.07, 6.45) is 1.48. The minimum atomic E-state index is -0.854. The van der Waals surface area contributed by atoms with E-state index in [0.29, 0.717) is 32.6 Å². The third-order valence-electron chi connectivity index (χ3n) is 6.89. The molecule has 1 fully saturated rings. The monoisotopic (exact) mass is 589 g/mol. The van der Waals surface area contributed by atoms with Crippen molar-refractivity contribution in [3.8, 4) is 0 Å². The molecule has 4 heterocycles. The molecule has 3 atom stereocenters. The molecule has 0 bridgehead atoms. The number of furan rings is 1. The maximum Gasteiger partial charge on any atom is 0.338 e. The van der Waals surface area contributed by atoms with Crippen LogP contribution in [0.1, 0.15) is 33.8 Å². The van der Waals surface area contributed by atoms with Crippen molar-refractivity contribution in [1.82, 2.24) is 4.57 Å². The van der Waals surface area contributed by atoms with Crippen molar-refractivity contribution < 1.29 is 28.3 Å². The van der Waals surface area contributed by atoms with Gasteiger partial charge < -0.3 is 14.5 Å². The molecule has 6 rings (SSSR count). The number of amides is 3. The van der Waals surface area contributed by atoms with E-state index >= 15 is 0 Å². The molecule has 0 radical (unpaired) electrons. The second kappa shape index (κ2) is 10.9. The summed E-state index contributed by atoms with van der Waals surface area (Å²) in [6.45, 7) is 1.67. The lowest BCUT2D eigenvalue weighted by Gasteiger charge is -2.29. The molecule has 41 heavy (non-hydrogen) atoms. The maximum absolute atomic E-state index is 13.9. The van der Waals surface area contributed by atoms with Gasteiger partial charge in [0.15, 0.2) is 0 Å². The summed E-state index contributed by atoms with van der Waals surface area (Å²) in [5.74, 6) is -2.85. The number of nitrogens with zero attached hydrogens (tertiary/aromatic N) is 2. The second-order valence-electron chi connectivity index (χ2n) is 9.37. The Morgan fingerprint density at radius 3 is 2.41 bits per heavy atom. The van der Waals surface area contributed by atoms with Crippen LogP contribution in [0.4, 0.5) is 11.4 Å². The second-order valence-corrected chi connectivity index (χ2v) is 11.5. The van der Waals surface area contributed by atoms with Crippen LogP contribution in [0.25, 0.3) is 0 Å². The van der Waals surface area contributed by atoms with E-state index in [-0.39, 0.29) is 18.0 Å². The van der Waals surface area contributed by atoms with Gasteiger partial charge in [-0.25, -0.2) is 9.69 Å². The lowest BCUT2D eigenvalue weighted by Crippen LogP contribution is -2.32. The molecule has 0 saturated carbocycles. The van der Waals surface area contributed by atoms with Crippen molar-refractivity contribution >= 4 is 58.2 Å². The molecule has 2 aromatic carbocycles. The average molecular weight is 590 g/mol. The normalized spacial score (nSPS) is 19.5. The van der Waals surface area contributed by atoms with Crippen LogP contribution in [-0.4, -0.2) is 40.1 Å². The standard InChI is InChI=1S/C29H23N3O7S2/c1-2-38-28(36)16-10-12-18(13-11-16)32-25(34)22-21(19-9-6-14-39-19)24-27(40-23(22)26(32)35)31(29(37)41-24)15-20(33)30-17-7-4-3-5-8-17/h3-14,21-23H,2,15H2,1H3,(H,30,33). The van der Waals surface area contributed by atoms with Crippen LogP contribution < -0.4 is 15.1 Å². The molecular weight excluding hydrogens is 566 g/mol. The van der Waals surface area contributed by atoms with Crippen molar-refractivity contribution in [2.45, 2.75) is 29.7 Å². The molecule has 4 aromatic rings. The van der Waals surface area contributed by atoms with Crippen LogP contribution in [0.5, 0.6) is 0 Å². The smallest absolute Gasteiger partial charge is 0.338 e. The first-order chi connectivity index (χ1) is 19.9. The van der Waals surface area contributed by atoms with Crippen LogP contribution in [0.3, 0.4) is 0 Å². The highest BCUT2D eigenvalue weighted by molar-refractivity contribution is 8.00. The minimum absolute atomic E-state index is 0.224. The van der Waals surface area contributed by atoms with Crippen LogP contribution in [-0.2, 0) is 25.7 Å². The fourth-order valence-corrected chi connectivity index (χ4v) is 7.86. The number of fused-ring (bicyclic) bond motifs is 2. The van der Waals surface area contributed by atoms with Crippen LogP contribution in [0.15, 0.2) is 87.2 Å². The predicted octanol–water partition coefficient (Wildman–Crippen LogP) is 4.11. The fourth-order valence-electron chi connectivity index (χ4n) is 5.11. The Labute approximate surface area is 241 Å². The molecule has 3 amide bonds. The van der Waals surface area contributed by atoms with Gasteiger partial charge in [0.1, 0.15) is 17.6 Å². The van der Waals surface area contributed by atoms with E-state index in [1.165, 1.54) is 35.1 Å². The van der Waals surface area contributed by atoms with Gasteiger partial charge in [0.2, 0.25) is 17.7 Å². The Morgan fingerprint density at radius 1 is 0.976 bits per heavy atom. The lowest BCUT2D eigenvalue weighted by atomic mass is 9.87. The minimum Gasteiger partial charge on any atom is -0.469 e. The highest BCUT2D eigenvalue weighted by Crippen LogP contribution is 2.53. The predicted molar refractivity (Wildman–Crippen MR) is 152 cm³/mol. The molecule has 10 nitrogen and oxygen atoms in total. The molecule has 1 N–H and O–H groups in total. The molecule has 0 spiro atoms. The van der Waals surface area contributed by atoms with Gasteiger partial charge in [-0.3, -0.25) is 23.7 Å². The number of nitrogens with one attached hydrogen (secondary N) is 1. The summed E-state index contributed by atoms with van der Waals surface area (Å²) in [5, 5.41) is 2.39. The number of hydrogen-bond donors (Lipinski definition) is 1. The van der Waals surface area contributed by atoms with E-state index in [4.69, 9.17) is 9.15 Å². The van der Waals surface area contributed by atoms with Crippen molar-refractivity contribution in [1.29, 1.82) is 0 Å². The Bertz CT molecular complexity index is 1690. The van der Waals surface area contributed by atoms with Gasteiger partial charge in [-0.05, 0) is 55.5 Å². The quantitative estimate of drug-likeness (QED) is 0.252. The van der Waals surface area contributed by atoms with E-state index in [9.17, 15) is 24.0 Å². The topological polar surface area (TPSA) is 128 Å². The van der Waals surface area contributed by atoms with Gasteiger partial charge in [0.05, 0.1) is 45.9 Å². The zero-order valence-corrected chi connectivity index (χ0v) is 23.3. The van der Waals surface area contributed by atoms with Crippen molar-refractivity contribution in [2.75, 3.05) is 16.8 Å². The number of esters is 1. The van der Waals surface area contributed by atoms with E-state index in [2.05, 4.69) is 5.32 Å². The molecule has 0 aliphatic carbocycles. The summed E-state index contributed by atoms with van der Waals surface area (Å²) >= 11 is 2.06. The third-order valence-corrected chi connectivity index (χ3v) is 9.50. The molecule has 2 aromatic heterocycles. The van der Waals surface area contributed by atoms with E-state index in [1.807, 2.05) is 6.07 Å². The first-order valence-corrected chi connectivity index (χ1v) is 14.5. The molecule has 1 saturated heterocycles. The number of aromatic nitrogens is 1. The van der Waals surface area contributed by atoms with Crippen LogP contribution >= 0.6 is 23.1 Å². The molecule has 2 aliphatic heterocycles. The summed E-state index contributed by atoms with van der Waals surface area (Å²) in [5.41, 5.74) is 1.22. The number of para-hydroxylation sites is 1. The lowest BCUT2D eigenvalue weighted by molar-refractivity contribution is -0.122. The van der Waals surface area contributed by atoms with E-state index in [0.717, 1.165) is 28.0 Å². The molecule has 2 aliphatic rings. The van der Waals surface area contributed by atoms with Gasteiger partial charge in [-0.2, -0.15) is 0 Å². The third kappa shape index (κ3) is 4.78. The largest absolute Gasteiger partial charge is 0.469 e. The number of thioether (sulfide) groups is 1. The number of carbonyl (C=O) groups excluding carboxylic acids is 4. The van der Waals surface area contributed by atoms with Gasteiger partial charge in [-0.1, -0.05) is 41.3 Å². The summed E-state index contributed by atoms with van der Waals surface area (Å²) < 4.78 is 12.1. The maximum atomic E-state index is 13.9. The molecule has 12 heteroatoms. The summed E-state index contributed by atoms with van der Waals surface area (Å²) in [4.78, 5) is 67.1. The summed E-state index contributed by atoms with van der Waals surface area (Å²) in [6, 6.07) is 18.4. The van der Waals surface area contributed by atoms with Crippen LogP contribution in [0, 0.1) is 5.92 Å². The fraction of sp³-hybridized carbons (Fsp3) is 0.207. The van der Waals surface area contributed by atoms with Gasteiger partial charge >= 0.3 is 10.8 Å². The Morgan fingerprint density at radius 2 is 1.73 bits per heavy atom. The Kier molecular flexibility index (Phi) is 7.10. The molecular formula is C29H23N3O7S2. The van der Waals surface area contributed by atoms with Gasteiger partial charge in [-0.15, -0.1) is 0 Å². The number of hydrogen-bond acceptors (Lipinski definition) is 9. The number of benzene rings is 2. The number of rotatable bonds is 7. The van der Waals surface area contributed by atoms with Gasteiger partial charge in [0.25, 0.3) is 0 Å². The number of carbonyl (C=O) groups is 4. The first kappa shape index (κ1) is 26.8. The first-order valence-electron chi connectivity index (χ1n) is 12.8. The van der Waals surface area contributed by atoms with Crippen molar-refractivity contribution in [2.24, 2.45) is 5.92 Å². The van der Waals surface area contributed by atoms with Crippen LogP contribution in [0.2, 0.25) is 0 Å². The Hall–Kier alpha value is -4.42. The number of anilines is 2. The number of ether oxygens (including phenoxy) is 1. The van der Waals surface area contributed by atoms with Crippen molar-refractivity contribution in [3.63, 3.8) is 0 Å². The molecule has 208 valence electrons. The highest BCUT2D eigenvalue weighted by Gasteiger charge is 2.57. The van der Waals surface area contributed by atoms with E-state index < -0.39 is 40.8 Å². The van der Waals surface area contributed by atoms with Gasteiger partial charge in [0, 0.05) is 5.69 Å². The zero-order valence-electron chi connectivity index (χ0n) is 21.6. The zero-order chi connectivity index (χ0) is 28.7. The van der Waals surface area contributed by atoms with E-state index in [1.54, 1.807) is 43.3 Å². The SMILES string of the molecule is CCOC(=O)c1ccc(N2C(=O)C3Sc4c(sc(=O)n4CC(=O)Nc4ccccc4)C(c4ccco4)C3C2=O)cc1. The number of thiazole rings is 1. The summed E-state index contributed by atoms with van der Waals surface area (Å²) in [7, 11) is 0.